The van der Waals surface area contributed by atoms with Crippen LogP contribution >= 0.6 is 0 Å². The summed E-state index contributed by atoms with van der Waals surface area (Å²) in [6, 6.07) is 7.84. The molecule has 3 aromatic rings. The van der Waals surface area contributed by atoms with Crippen LogP contribution in [0.3, 0.4) is 0 Å². The molecule has 0 aliphatic heterocycles. The second-order valence-electron chi connectivity index (χ2n) is 6.77. The van der Waals surface area contributed by atoms with Crippen LogP contribution in [0.4, 0.5) is 5.82 Å². The molecule has 0 radical (unpaired) electrons. The van der Waals surface area contributed by atoms with E-state index < -0.39 is 0 Å². The number of ether oxygens (including phenoxy) is 1. The highest BCUT2D eigenvalue weighted by Crippen LogP contribution is 2.28. The topological polar surface area (TPSA) is 51.8 Å². The Morgan fingerprint density at radius 1 is 1.19 bits per heavy atom. The number of fused-ring (bicyclic) bond motifs is 1. The van der Waals surface area contributed by atoms with Gasteiger partial charge in [0.25, 0.3) is 0 Å². The number of anilines is 1. The highest BCUT2D eigenvalue weighted by Gasteiger charge is 2.24. The molecule has 6 heteroatoms. The van der Waals surface area contributed by atoms with Gasteiger partial charge in [-0.15, -0.1) is 0 Å². The molecule has 144 valence electrons. The summed E-state index contributed by atoms with van der Waals surface area (Å²) in [5.41, 5.74) is 1.56. The van der Waals surface area contributed by atoms with Crippen LogP contribution in [-0.4, -0.2) is 33.5 Å². The zero-order valence-corrected chi connectivity index (χ0v) is 16.6. The second kappa shape index (κ2) is 8.29. The van der Waals surface area contributed by atoms with Crippen LogP contribution in [0.1, 0.15) is 32.4 Å². The van der Waals surface area contributed by atoms with Gasteiger partial charge < -0.3 is 9.30 Å². The molecule has 3 rings (SSSR count). The van der Waals surface area contributed by atoms with Gasteiger partial charge in [-0.25, -0.2) is 4.98 Å². The molecular formula is C21H28N4O2. The van der Waals surface area contributed by atoms with Gasteiger partial charge in [-0.2, -0.15) is 0 Å². The highest BCUT2D eigenvalue weighted by atomic mass is 16.5. The van der Waals surface area contributed by atoms with Gasteiger partial charge >= 0.3 is 0 Å². The molecule has 0 saturated heterocycles. The molecule has 0 unspecified atom stereocenters. The molecule has 0 aromatic carbocycles. The highest BCUT2D eigenvalue weighted by molar-refractivity contribution is 5.94. The van der Waals surface area contributed by atoms with Crippen LogP contribution < -0.4 is 9.64 Å². The summed E-state index contributed by atoms with van der Waals surface area (Å²) in [6.45, 7) is 7.37. The molecule has 3 aromatic heterocycles. The minimum absolute atomic E-state index is 0.0287. The lowest BCUT2D eigenvalue weighted by molar-refractivity contribution is -0.122. The van der Waals surface area contributed by atoms with Crippen molar-refractivity contribution in [3.8, 4) is 5.75 Å². The normalized spacial score (nSPS) is 11.3. The maximum Gasteiger partial charge on any atom is 0.230 e. The molecule has 1 amide bonds. The van der Waals surface area contributed by atoms with Crippen LogP contribution in [0.15, 0.2) is 42.9 Å². The molecule has 0 atom stereocenters. The smallest absolute Gasteiger partial charge is 0.230 e. The standard InChI is InChI=1S/C21H28N4O2/c1-5-17(6-2)21(26)23(4)20-16(3)22-19-18(10-9-13-25(19)20)27-15-14-24-11-7-8-12-24/h7-13,17H,5-6,14-15H2,1-4H3. The van der Waals surface area contributed by atoms with E-state index >= 15 is 0 Å². The molecule has 0 saturated carbocycles. The summed E-state index contributed by atoms with van der Waals surface area (Å²) in [5, 5.41) is 0. The Morgan fingerprint density at radius 2 is 1.89 bits per heavy atom. The molecular weight excluding hydrogens is 340 g/mol. The Balaban J connectivity index is 1.85. The molecule has 6 nitrogen and oxygen atoms in total. The van der Waals surface area contributed by atoms with Crippen LogP contribution in [0.25, 0.3) is 5.65 Å². The number of aryl methyl sites for hydroxylation is 1. The fourth-order valence-electron chi connectivity index (χ4n) is 3.46. The summed E-state index contributed by atoms with van der Waals surface area (Å²) in [5.74, 6) is 1.69. The average Bonchev–Trinajstić information content (AvgIpc) is 3.29. The van der Waals surface area contributed by atoms with Gasteiger partial charge in [0, 0.05) is 31.6 Å². The number of aromatic nitrogens is 3. The van der Waals surface area contributed by atoms with E-state index in [1.165, 1.54) is 0 Å². The number of rotatable bonds is 8. The Morgan fingerprint density at radius 3 is 2.56 bits per heavy atom. The van der Waals surface area contributed by atoms with Gasteiger partial charge in [0.1, 0.15) is 12.4 Å². The minimum atomic E-state index is 0.0287. The molecule has 0 aliphatic carbocycles. The molecule has 27 heavy (non-hydrogen) atoms. The first kappa shape index (κ1) is 19.0. The van der Waals surface area contributed by atoms with Crippen molar-refractivity contribution in [2.45, 2.75) is 40.2 Å². The molecule has 0 bridgehead atoms. The zero-order chi connectivity index (χ0) is 19.4. The minimum Gasteiger partial charge on any atom is -0.488 e. The Labute approximate surface area is 160 Å². The van der Waals surface area contributed by atoms with Crippen LogP contribution in [0.5, 0.6) is 5.75 Å². The van der Waals surface area contributed by atoms with Crippen molar-refractivity contribution in [1.29, 1.82) is 0 Å². The van der Waals surface area contributed by atoms with Crippen molar-refractivity contribution >= 4 is 17.4 Å². The SMILES string of the molecule is CCC(CC)C(=O)N(C)c1c(C)nc2c(OCCn3cccc3)cccn12. The molecule has 3 heterocycles. The second-order valence-corrected chi connectivity index (χ2v) is 6.77. The third-order valence-electron chi connectivity index (χ3n) is 5.01. The van der Waals surface area contributed by atoms with E-state index in [0.29, 0.717) is 6.61 Å². The van der Waals surface area contributed by atoms with Gasteiger partial charge in [-0.3, -0.25) is 14.1 Å². The summed E-state index contributed by atoms with van der Waals surface area (Å²) in [6.07, 6.45) is 7.63. The maximum absolute atomic E-state index is 12.8. The van der Waals surface area contributed by atoms with Gasteiger partial charge in [0.15, 0.2) is 11.4 Å². The van der Waals surface area contributed by atoms with Gasteiger partial charge in [0.2, 0.25) is 5.91 Å². The predicted molar refractivity (Wildman–Crippen MR) is 107 cm³/mol. The predicted octanol–water partition coefficient (Wildman–Crippen LogP) is 3.92. The van der Waals surface area contributed by atoms with Gasteiger partial charge in [0.05, 0.1) is 12.2 Å². The van der Waals surface area contributed by atoms with Crippen LogP contribution in [0.2, 0.25) is 0 Å². The fraction of sp³-hybridized carbons (Fsp3) is 0.429. The van der Waals surface area contributed by atoms with E-state index in [1.54, 1.807) is 4.90 Å². The first-order valence-electron chi connectivity index (χ1n) is 9.55. The molecule has 0 fully saturated rings. The lowest BCUT2D eigenvalue weighted by Gasteiger charge is -2.22. The fourth-order valence-corrected chi connectivity index (χ4v) is 3.46. The number of carbonyl (C=O) groups excluding carboxylic acids is 1. The summed E-state index contributed by atoms with van der Waals surface area (Å²) >= 11 is 0. The van der Waals surface area contributed by atoms with E-state index in [2.05, 4.69) is 23.4 Å². The van der Waals surface area contributed by atoms with Crippen molar-refractivity contribution < 1.29 is 9.53 Å². The lowest BCUT2D eigenvalue weighted by atomic mass is 10.0. The van der Waals surface area contributed by atoms with E-state index in [9.17, 15) is 4.79 Å². The summed E-state index contributed by atoms with van der Waals surface area (Å²) in [4.78, 5) is 19.3. The number of imidazole rings is 1. The quantitative estimate of drug-likeness (QED) is 0.605. The van der Waals surface area contributed by atoms with Crippen molar-refractivity contribution in [3.05, 3.63) is 48.5 Å². The largest absolute Gasteiger partial charge is 0.488 e. The lowest BCUT2D eigenvalue weighted by Crippen LogP contribution is -2.33. The molecule has 0 aliphatic rings. The monoisotopic (exact) mass is 368 g/mol. The average molecular weight is 368 g/mol. The van der Waals surface area contributed by atoms with Crippen LogP contribution in [0, 0.1) is 12.8 Å². The summed E-state index contributed by atoms with van der Waals surface area (Å²) < 4.78 is 10.0. The number of pyridine rings is 1. The van der Waals surface area contributed by atoms with Crippen molar-refractivity contribution in [2.75, 3.05) is 18.6 Å². The third kappa shape index (κ3) is 3.84. The molecule has 0 spiro atoms. The number of carbonyl (C=O) groups is 1. The Kier molecular flexibility index (Phi) is 5.84. The maximum atomic E-state index is 12.8. The zero-order valence-electron chi connectivity index (χ0n) is 16.6. The van der Waals surface area contributed by atoms with Gasteiger partial charge in [-0.05, 0) is 44.0 Å². The van der Waals surface area contributed by atoms with E-state index in [0.717, 1.165) is 42.3 Å². The van der Waals surface area contributed by atoms with E-state index in [-0.39, 0.29) is 11.8 Å². The van der Waals surface area contributed by atoms with Crippen molar-refractivity contribution in [3.63, 3.8) is 0 Å². The van der Waals surface area contributed by atoms with Crippen molar-refractivity contribution in [2.24, 2.45) is 5.92 Å². The van der Waals surface area contributed by atoms with Crippen LogP contribution in [-0.2, 0) is 11.3 Å². The summed E-state index contributed by atoms with van der Waals surface area (Å²) in [7, 11) is 1.83. The Hall–Kier alpha value is -2.76. The van der Waals surface area contributed by atoms with E-state index in [4.69, 9.17) is 4.74 Å². The number of hydrogen-bond acceptors (Lipinski definition) is 3. The first-order valence-corrected chi connectivity index (χ1v) is 9.55. The Bertz CT molecular complexity index is 894. The molecule has 0 N–H and O–H groups in total. The first-order chi connectivity index (χ1) is 13.1. The van der Waals surface area contributed by atoms with Gasteiger partial charge in [-0.1, -0.05) is 13.8 Å². The number of nitrogens with zero attached hydrogens (tertiary/aromatic N) is 4. The number of hydrogen-bond donors (Lipinski definition) is 0. The van der Waals surface area contributed by atoms with Crippen molar-refractivity contribution in [1.82, 2.24) is 14.0 Å². The number of amides is 1. The van der Waals surface area contributed by atoms with E-state index in [1.807, 2.05) is 61.2 Å². The third-order valence-corrected chi connectivity index (χ3v) is 5.01.